The van der Waals surface area contributed by atoms with E-state index in [2.05, 4.69) is 5.32 Å². The van der Waals surface area contributed by atoms with Crippen LogP contribution in [0, 0.1) is 0 Å². The number of aliphatic hydroxyl groups excluding tert-OH is 1. The monoisotopic (exact) mass is 256 g/mol. The Kier molecular flexibility index (Phi) is 3.01. The average molecular weight is 256 g/mol. The highest BCUT2D eigenvalue weighted by atomic mass is 16.6. The van der Waals surface area contributed by atoms with E-state index in [1.165, 1.54) is 0 Å². The summed E-state index contributed by atoms with van der Waals surface area (Å²) < 4.78 is 5.24. The van der Waals surface area contributed by atoms with Crippen LogP contribution < -0.4 is 5.32 Å². The highest BCUT2D eigenvalue weighted by Gasteiger charge is 2.50. The van der Waals surface area contributed by atoms with Crippen molar-refractivity contribution in [1.29, 1.82) is 0 Å². The van der Waals surface area contributed by atoms with E-state index in [0.717, 1.165) is 0 Å². The fraction of sp³-hybridized carbons (Fsp3) is 0.833. The number of likely N-dealkylation sites (tertiary alicyclic amines) is 1. The van der Waals surface area contributed by atoms with E-state index in [1.54, 1.807) is 4.90 Å². The van der Waals surface area contributed by atoms with Crippen LogP contribution in [0.2, 0.25) is 0 Å². The molecule has 6 nitrogen and oxygen atoms in total. The minimum Gasteiger partial charge on any atom is -0.444 e. The first-order valence-electron chi connectivity index (χ1n) is 6.16. The topological polar surface area (TPSA) is 78.9 Å². The summed E-state index contributed by atoms with van der Waals surface area (Å²) in [6.45, 7) is 6.25. The van der Waals surface area contributed by atoms with Gasteiger partial charge in [-0.1, -0.05) is 0 Å². The molecule has 2 fully saturated rings. The molecule has 0 aromatic heterocycles. The maximum Gasteiger partial charge on any atom is 0.410 e. The summed E-state index contributed by atoms with van der Waals surface area (Å²) in [5, 5.41) is 12.5. The molecule has 0 aromatic rings. The minimum atomic E-state index is -0.612. The normalized spacial score (nSPS) is 26.6. The fourth-order valence-electron chi connectivity index (χ4n) is 2.48. The molecule has 0 aliphatic carbocycles. The summed E-state index contributed by atoms with van der Waals surface area (Å²) in [5.74, 6) is -0.155. The van der Waals surface area contributed by atoms with Gasteiger partial charge in [-0.2, -0.15) is 0 Å². The minimum absolute atomic E-state index is 0.147. The van der Waals surface area contributed by atoms with Gasteiger partial charge in [-0.15, -0.1) is 0 Å². The number of aliphatic hydroxyl groups is 1. The molecule has 0 aromatic carbocycles. The predicted molar refractivity (Wildman–Crippen MR) is 63.9 cm³/mol. The third kappa shape index (κ3) is 2.75. The second-order valence-corrected chi connectivity index (χ2v) is 6.23. The van der Waals surface area contributed by atoms with E-state index < -0.39 is 17.2 Å². The van der Waals surface area contributed by atoms with E-state index in [-0.39, 0.29) is 18.4 Å². The van der Waals surface area contributed by atoms with Gasteiger partial charge in [0, 0.05) is 19.5 Å². The molecule has 6 heteroatoms. The lowest BCUT2D eigenvalue weighted by Crippen LogP contribution is -2.74. The SMILES string of the molecule is CC(C)(C)OC(=O)N1CC2(C[C@H](O)CC(=O)N2)C1. The summed E-state index contributed by atoms with van der Waals surface area (Å²) in [6, 6.07) is 0. The Morgan fingerprint density at radius 1 is 1.50 bits per heavy atom. The van der Waals surface area contributed by atoms with Gasteiger partial charge in [0.05, 0.1) is 18.1 Å². The molecule has 0 saturated carbocycles. The maximum absolute atomic E-state index is 11.8. The van der Waals surface area contributed by atoms with Crippen molar-refractivity contribution in [3.63, 3.8) is 0 Å². The van der Waals surface area contributed by atoms with Gasteiger partial charge in [-0.3, -0.25) is 4.79 Å². The lowest BCUT2D eigenvalue weighted by Gasteiger charge is -2.52. The number of piperidine rings is 1. The zero-order valence-electron chi connectivity index (χ0n) is 11.0. The van der Waals surface area contributed by atoms with E-state index in [0.29, 0.717) is 19.5 Å². The Balaban J connectivity index is 1.89. The van der Waals surface area contributed by atoms with Gasteiger partial charge in [0.2, 0.25) is 5.91 Å². The van der Waals surface area contributed by atoms with Crippen molar-refractivity contribution >= 4 is 12.0 Å². The van der Waals surface area contributed by atoms with Crippen molar-refractivity contribution in [2.24, 2.45) is 0 Å². The van der Waals surface area contributed by atoms with Gasteiger partial charge in [-0.05, 0) is 20.8 Å². The van der Waals surface area contributed by atoms with Gasteiger partial charge in [0.1, 0.15) is 5.60 Å². The molecule has 18 heavy (non-hydrogen) atoms. The number of hydrogen-bond donors (Lipinski definition) is 2. The largest absolute Gasteiger partial charge is 0.444 e. The van der Waals surface area contributed by atoms with Crippen LogP contribution in [-0.4, -0.2) is 52.3 Å². The van der Waals surface area contributed by atoms with Crippen LogP contribution in [0.15, 0.2) is 0 Å². The standard InChI is InChI=1S/C12H20N2O4/c1-11(2,3)18-10(17)14-6-12(7-14)5-8(15)4-9(16)13-12/h8,15H,4-7H2,1-3H3,(H,13,16)/t8-/m1/s1. The molecule has 2 amide bonds. The number of ether oxygens (including phenoxy) is 1. The highest BCUT2D eigenvalue weighted by molar-refractivity contribution is 5.79. The van der Waals surface area contributed by atoms with Crippen LogP contribution in [0.4, 0.5) is 4.79 Å². The Morgan fingerprint density at radius 3 is 2.61 bits per heavy atom. The predicted octanol–water partition coefficient (Wildman–Crippen LogP) is 0.247. The molecule has 2 aliphatic heterocycles. The van der Waals surface area contributed by atoms with Gasteiger partial charge in [-0.25, -0.2) is 4.79 Å². The number of amides is 2. The lowest BCUT2D eigenvalue weighted by molar-refractivity contribution is -0.134. The Bertz CT molecular complexity index is 369. The Hall–Kier alpha value is -1.30. The van der Waals surface area contributed by atoms with Crippen LogP contribution in [-0.2, 0) is 9.53 Å². The van der Waals surface area contributed by atoms with Crippen molar-refractivity contribution in [3.05, 3.63) is 0 Å². The zero-order valence-corrected chi connectivity index (χ0v) is 11.0. The van der Waals surface area contributed by atoms with Crippen molar-refractivity contribution in [2.45, 2.75) is 50.9 Å². The van der Waals surface area contributed by atoms with Crippen molar-refractivity contribution < 1.29 is 19.4 Å². The number of nitrogens with zero attached hydrogens (tertiary/aromatic N) is 1. The summed E-state index contributed by atoms with van der Waals surface area (Å²) in [6.07, 6.45) is -0.339. The molecule has 2 N–H and O–H groups in total. The first kappa shape index (κ1) is 13.1. The third-order valence-corrected chi connectivity index (χ3v) is 3.09. The van der Waals surface area contributed by atoms with Crippen LogP contribution in [0.3, 0.4) is 0 Å². The number of nitrogens with one attached hydrogen (secondary N) is 1. The highest BCUT2D eigenvalue weighted by Crippen LogP contribution is 2.31. The molecule has 2 aliphatic rings. The second kappa shape index (κ2) is 4.12. The average Bonchev–Trinajstić information content (AvgIpc) is 2.08. The number of carbonyl (C=O) groups is 2. The molecule has 0 bridgehead atoms. The molecule has 0 unspecified atom stereocenters. The second-order valence-electron chi connectivity index (χ2n) is 6.23. The molecule has 1 atom stereocenters. The molecule has 102 valence electrons. The van der Waals surface area contributed by atoms with Gasteiger partial charge in [0.25, 0.3) is 0 Å². The van der Waals surface area contributed by atoms with E-state index >= 15 is 0 Å². The quantitative estimate of drug-likeness (QED) is 0.651. The third-order valence-electron chi connectivity index (χ3n) is 3.09. The molecule has 2 rings (SSSR count). The molecule has 0 radical (unpaired) electrons. The fourth-order valence-corrected chi connectivity index (χ4v) is 2.48. The molecular weight excluding hydrogens is 236 g/mol. The lowest BCUT2D eigenvalue weighted by atomic mass is 9.80. The summed E-state index contributed by atoms with van der Waals surface area (Å²) in [4.78, 5) is 24.7. The Labute approximate surface area is 106 Å². The summed E-state index contributed by atoms with van der Waals surface area (Å²) in [5.41, 5.74) is -0.971. The number of rotatable bonds is 0. The van der Waals surface area contributed by atoms with Gasteiger partial charge in [0.15, 0.2) is 0 Å². The van der Waals surface area contributed by atoms with Crippen LogP contribution in [0.1, 0.15) is 33.6 Å². The first-order chi connectivity index (χ1) is 8.19. The van der Waals surface area contributed by atoms with Crippen molar-refractivity contribution in [1.82, 2.24) is 10.2 Å². The summed E-state index contributed by atoms with van der Waals surface area (Å²) in [7, 11) is 0. The first-order valence-corrected chi connectivity index (χ1v) is 6.16. The molecule has 2 saturated heterocycles. The molecule has 1 spiro atoms. The van der Waals surface area contributed by atoms with Crippen LogP contribution >= 0.6 is 0 Å². The summed E-state index contributed by atoms with van der Waals surface area (Å²) >= 11 is 0. The smallest absolute Gasteiger partial charge is 0.410 e. The van der Waals surface area contributed by atoms with Crippen molar-refractivity contribution in [2.75, 3.05) is 13.1 Å². The Morgan fingerprint density at radius 2 is 2.11 bits per heavy atom. The van der Waals surface area contributed by atoms with Crippen LogP contribution in [0.5, 0.6) is 0 Å². The van der Waals surface area contributed by atoms with Gasteiger partial charge < -0.3 is 20.1 Å². The maximum atomic E-state index is 11.8. The molecule has 2 heterocycles. The van der Waals surface area contributed by atoms with E-state index in [4.69, 9.17) is 4.74 Å². The van der Waals surface area contributed by atoms with Crippen molar-refractivity contribution in [3.8, 4) is 0 Å². The van der Waals surface area contributed by atoms with E-state index in [1.807, 2.05) is 20.8 Å². The number of hydrogen-bond acceptors (Lipinski definition) is 4. The van der Waals surface area contributed by atoms with Gasteiger partial charge >= 0.3 is 6.09 Å². The number of carbonyl (C=O) groups excluding carboxylic acids is 2. The van der Waals surface area contributed by atoms with E-state index in [9.17, 15) is 14.7 Å². The zero-order chi connectivity index (χ0) is 13.6. The van der Waals surface area contributed by atoms with Crippen LogP contribution in [0.25, 0.3) is 0 Å². The molecular formula is C12H20N2O4.